The van der Waals surface area contributed by atoms with E-state index >= 15 is 0 Å². The van der Waals surface area contributed by atoms with Crippen LogP contribution < -0.4 is 0 Å². The van der Waals surface area contributed by atoms with E-state index in [0.717, 1.165) is 11.0 Å². The highest BCUT2D eigenvalue weighted by atomic mass is 32.2. The summed E-state index contributed by atoms with van der Waals surface area (Å²) in [5.41, 5.74) is 1.67. The van der Waals surface area contributed by atoms with Crippen LogP contribution in [-0.4, -0.2) is 18.5 Å². The molecular weight excluding hydrogens is 234 g/mol. The molecule has 17 heavy (non-hydrogen) atoms. The monoisotopic (exact) mass is 243 g/mol. The number of hydrogen-bond donors (Lipinski definition) is 0. The third-order valence-corrected chi connectivity index (χ3v) is 3.66. The highest BCUT2D eigenvalue weighted by molar-refractivity contribution is 7.90. The molecule has 1 unspecified atom stereocenters. The van der Waals surface area contributed by atoms with Crippen molar-refractivity contribution in [1.29, 1.82) is 0 Å². The van der Waals surface area contributed by atoms with Crippen LogP contribution in [0.5, 0.6) is 0 Å². The van der Waals surface area contributed by atoms with Crippen molar-refractivity contribution in [2.75, 3.05) is 0 Å². The fraction of sp³-hybridized carbons (Fsp3) is 0. The van der Waals surface area contributed by atoms with Gasteiger partial charge >= 0.3 is 0 Å². The maximum atomic E-state index is 12.3. The molecule has 0 saturated heterocycles. The third kappa shape index (κ3) is 1.79. The minimum Gasteiger partial charge on any atom is -0.586 e. The van der Waals surface area contributed by atoms with Crippen LogP contribution in [0.1, 0.15) is 0 Å². The van der Waals surface area contributed by atoms with Crippen LogP contribution in [0, 0.1) is 0 Å². The van der Waals surface area contributed by atoms with E-state index in [9.17, 15) is 4.55 Å². The van der Waals surface area contributed by atoms with Gasteiger partial charge in [0.05, 0.1) is 5.52 Å². The lowest BCUT2D eigenvalue weighted by Crippen LogP contribution is -2.13. The maximum Gasteiger partial charge on any atom is 0.272 e. The van der Waals surface area contributed by atoms with Gasteiger partial charge in [-0.1, -0.05) is 18.2 Å². The zero-order valence-electron chi connectivity index (χ0n) is 8.85. The van der Waals surface area contributed by atoms with E-state index in [2.05, 4.69) is 9.97 Å². The summed E-state index contributed by atoms with van der Waals surface area (Å²) in [7, 11) is 0. The fourth-order valence-electron chi connectivity index (χ4n) is 1.62. The molecule has 5 heteroatoms. The second-order valence-corrected chi connectivity index (χ2v) is 4.79. The smallest absolute Gasteiger partial charge is 0.272 e. The second kappa shape index (κ2) is 4.20. The Morgan fingerprint density at radius 2 is 1.82 bits per heavy atom. The molecule has 3 aromatic rings. The van der Waals surface area contributed by atoms with Gasteiger partial charge in [0, 0.05) is 12.3 Å². The predicted octanol–water partition coefficient (Wildman–Crippen LogP) is 2.00. The van der Waals surface area contributed by atoms with E-state index < -0.39 is 11.4 Å². The Balaban J connectivity index is 2.10. The van der Waals surface area contributed by atoms with Gasteiger partial charge in [-0.05, 0) is 18.2 Å². The average molecular weight is 243 g/mol. The minimum atomic E-state index is -1.35. The first-order valence-electron chi connectivity index (χ1n) is 5.11. The first kappa shape index (κ1) is 10.3. The Bertz CT molecular complexity index is 638. The molecule has 0 fully saturated rings. The average Bonchev–Trinajstić information content (AvgIpc) is 2.83. The summed E-state index contributed by atoms with van der Waals surface area (Å²) in [5.74, 6) is 0. The zero-order chi connectivity index (χ0) is 11.7. The second-order valence-electron chi connectivity index (χ2n) is 3.48. The Kier molecular flexibility index (Phi) is 2.55. The summed E-state index contributed by atoms with van der Waals surface area (Å²) in [6.07, 6.45) is 3.21. The van der Waals surface area contributed by atoms with Crippen molar-refractivity contribution in [3.63, 3.8) is 0 Å². The van der Waals surface area contributed by atoms with E-state index in [1.54, 1.807) is 28.6 Å². The molecule has 4 nitrogen and oxygen atoms in total. The number of imidazole rings is 1. The van der Waals surface area contributed by atoms with E-state index in [0.29, 0.717) is 5.03 Å². The number of aromatic nitrogens is 3. The molecule has 0 aliphatic carbocycles. The number of hydrogen-bond acceptors (Lipinski definition) is 3. The molecular formula is C12H9N3OS. The molecule has 0 aliphatic heterocycles. The van der Waals surface area contributed by atoms with E-state index in [1.807, 2.05) is 30.3 Å². The van der Waals surface area contributed by atoms with Crippen molar-refractivity contribution in [3.8, 4) is 0 Å². The molecule has 0 spiro atoms. The molecule has 2 aromatic heterocycles. The molecule has 0 amide bonds. The SMILES string of the molecule is [O-][S+](c1ccccn1)n1cnc2ccccc21. The summed E-state index contributed by atoms with van der Waals surface area (Å²) in [6.45, 7) is 0. The van der Waals surface area contributed by atoms with Crippen LogP contribution in [0.4, 0.5) is 0 Å². The Hall–Kier alpha value is -1.85. The molecule has 1 aromatic carbocycles. The molecule has 1 atom stereocenters. The summed E-state index contributed by atoms with van der Waals surface area (Å²) in [4.78, 5) is 8.30. The van der Waals surface area contributed by atoms with Gasteiger partial charge < -0.3 is 4.55 Å². The van der Waals surface area contributed by atoms with Crippen LogP contribution >= 0.6 is 0 Å². The van der Waals surface area contributed by atoms with Gasteiger partial charge in [0.25, 0.3) is 5.03 Å². The Labute approximate surface area is 101 Å². The van der Waals surface area contributed by atoms with Crippen LogP contribution in [0.15, 0.2) is 60.0 Å². The molecule has 2 heterocycles. The van der Waals surface area contributed by atoms with Gasteiger partial charge in [-0.2, -0.15) is 0 Å². The highest BCUT2D eigenvalue weighted by Gasteiger charge is 2.17. The van der Waals surface area contributed by atoms with Crippen molar-refractivity contribution < 1.29 is 4.55 Å². The van der Waals surface area contributed by atoms with E-state index in [1.165, 1.54) is 0 Å². The summed E-state index contributed by atoms with van der Waals surface area (Å²) in [5, 5.41) is 0.524. The topological polar surface area (TPSA) is 53.8 Å². The number of pyridine rings is 1. The molecule has 0 N–H and O–H groups in total. The van der Waals surface area contributed by atoms with Crippen LogP contribution in [0.2, 0.25) is 0 Å². The quantitative estimate of drug-likeness (QED) is 0.647. The normalized spacial score (nSPS) is 12.8. The van der Waals surface area contributed by atoms with Crippen molar-refractivity contribution in [1.82, 2.24) is 13.9 Å². The van der Waals surface area contributed by atoms with Crippen molar-refractivity contribution >= 4 is 22.4 Å². The number of benzene rings is 1. The third-order valence-electron chi connectivity index (χ3n) is 2.42. The summed E-state index contributed by atoms with van der Waals surface area (Å²) < 4.78 is 13.9. The minimum absolute atomic E-state index is 0.524. The fourth-order valence-corrected chi connectivity index (χ4v) is 2.63. The zero-order valence-corrected chi connectivity index (χ0v) is 9.67. The largest absolute Gasteiger partial charge is 0.586 e. The predicted molar refractivity (Wildman–Crippen MR) is 65.8 cm³/mol. The maximum absolute atomic E-state index is 12.3. The van der Waals surface area contributed by atoms with E-state index in [4.69, 9.17) is 0 Å². The molecule has 3 rings (SSSR count). The highest BCUT2D eigenvalue weighted by Crippen LogP contribution is 2.18. The van der Waals surface area contributed by atoms with Crippen molar-refractivity contribution in [2.24, 2.45) is 0 Å². The van der Waals surface area contributed by atoms with Crippen molar-refractivity contribution in [2.45, 2.75) is 5.03 Å². The Morgan fingerprint density at radius 1 is 1.00 bits per heavy atom. The van der Waals surface area contributed by atoms with Crippen LogP contribution in [0.25, 0.3) is 11.0 Å². The van der Waals surface area contributed by atoms with Gasteiger partial charge in [-0.3, -0.25) is 0 Å². The van der Waals surface area contributed by atoms with Gasteiger partial charge in [0.15, 0.2) is 0 Å². The summed E-state index contributed by atoms with van der Waals surface area (Å²) in [6, 6.07) is 12.9. The lowest BCUT2D eigenvalue weighted by Gasteiger charge is -2.08. The number of fused-ring (bicyclic) bond motifs is 1. The molecule has 0 saturated carbocycles. The van der Waals surface area contributed by atoms with Crippen LogP contribution in [0.3, 0.4) is 0 Å². The first-order chi connectivity index (χ1) is 8.36. The number of rotatable bonds is 2. The van der Waals surface area contributed by atoms with Gasteiger partial charge in [-0.15, -0.1) is 3.97 Å². The van der Waals surface area contributed by atoms with Gasteiger partial charge in [0.2, 0.25) is 0 Å². The lowest BCUT2D eigenvalue weighted by atomic mass is 10.3. The van der Waals surface area contributed by atoms with Gasteiger partial charge in [0.1, 0.15) is 23.2 Å². The standard InChI is InChI=1S/C12H9N3OS/c16-17(12-7-3-4-8-13-12)15-9-14-10-5-1-2-6-11(10)15/h1-9H. The first-order valence-corrected chi connectivity index (χ1v) is 6.22. The Morgan fingerprint density at radius 3 is 2.65 bits per heavy atom. The molecule has 0 bridgehead atoms. The summed E-state index contributed by atoms with van der Waals surface area (Å²) >= 11 is -1.35. The lowest BCUT2D eigenvalue weighted by molar-refractivity contribution is 0.584. The molecule has 0 aliphatic rings. The number of nitrogens with zero attached hydrogens (tertiary/aromatic N) is 3. The van der Waals surface area contributed by atoms with Crippen LogP contribution in [-0.2, 0) is 11.4 Å². The number of para-hydroxylation sites is 2. The molecule has 0 radical (unpaired) electrons. The van der Waals surface area contributed by atoms with E-state index in [-0.39, 0.29) is 0 Å². The van der Waals surface area contributed by atoms with Crippen molar-refractivity contribution in [3.05, 3.63) is 55.0 Å². The molecule has 84 valence electrons. The van der Waals surface area contributed by atoms with Gasteiger partial charge in [-0.25, -0.2) is 9.97 Å².